The van der Waals surface area contributed by atoms with Crippen LogP contribution in [-0.2, 0) is 17.6 Å². The van der Waals surface area contributed by atoms with Gasteiger partial charge in [-0.15, -0.1) is 0 Å². The summed E-state index contributed by atoms with van der Waals surface area (Å²) in [5.74, 6) is 0.487. The predicted molar refractivity (Wildman–Crippen MR) is 63.8 cm³/mol. The van der Waals surface area contributed by atoms with Gasteiger partial charge in [-0.1, -0.05) is 13.0 Å². The molecule has 2 nitrogen and oxygen atoms in total. The lowest BCUT2D eigenvalue weighted by molar-refractivity contribution is -0.108. The molecule has 1 aromatic rings. The zero-order valence-electron chi connectivity index (χ0n) is 9.70. The Morgan fingerprint density at radius 2 is 2.12 bits per heavy atom. The molecule has 0 spiro atoms. The highest BCUT2D eigenvalue weighted by molar-refractivity contribution is 5.55. The summed E-state index contributed by atoms with van der Waals surface area (Å²) in [5.41, 5.74) is 3.65. The predicted octanol–water partition coefficient (Wildman–Crippen LogP) is 2.96. The molecule has 86 valence electrons. The van der Waals surface area contributed by atoms with Gasteiger partial charge in [0, 0.05) is 12.0 Å². The van der Waals surface area contributed by atoms with E-state index in [4.69, 9.17) is 0 Å². The lowest BCUT2D eigenvalue weighted by atomic mass is 9.83. The highest BCUT2D eigenvalue weighted by Gasteiger charge is 2.20. The van der Waals surface area contributed by atoms with E-state index in [0.717, 1.165) is 24.7 Å². The van der Waals surface area contributed by atoms with Crippen molar-refractivity contribution < 1.29 is 9.90 Å². The maximum absolute atomic E-state index is 10.6. The van der Waals surface area contributed by atoms with Crippen molar-refractivity contribution in [3.8, 4) is 5.75 Å². The Bertz CT molecular complexity index is 396. The van der Waals surface area contributed by atoms with Crippen LogP contribution in [0.3, 0.4) is 0 Å². The standard InChI is InChI=1S/C14H18O2/c1-10(8-9-15)14-12-5-3-2-4-11(12)6-7-13(14)16/h6-7,9-10,16H,2-5,8H2,1H3. The van der Waals surface area contributed by atoms with Crippen LogP contribution in [0.4, 0.5) is 0 Å². The lowest BCUT2D eigenvalue weighted by Gasteiger charge is -2.23. The number of hydrogen-bond acceptors (Lipinski definition) is 2. The van der Waals surface area contributed by atoms with Crippen LogP contribution in [0.1, 0.15) is 48.8 Å². The summed E-state index contributed by atoms with van der Waals surface area (Å²) < 4.78 is 0. The first-order chi connectivity index (χ1) is 7.74. The van der Waals surface area contributed by atoms with Crippen molar-refractivity contribution in [1.29, 1.82) is 0 Å². The second-order valence-electron chi connectivity index (χ2n) is 4.65. The third kappa shape index (κ3) is 1.97. The van der Waals surface area contributed by atoms with Gasteiger partial charge in [0.1, 0.15) is 12.0 Å². The average Bonchev–Trinajstić information content (AvgIpc) is 2.29. The molecule has 0 bridgehead atoms. The van der Waals surface area contributed by atoms with Crippen molar-refractivity contribution in [2.45, 2.75) is 44.9 Å². The van der Waals surface area contributed by atoms with Crippen molar-refractivity contribution in [2.24, 2.45) is 0 Å². The number of aromatic hydroxyl groups is 1. The average molecular weight is 218 g/mol. The first-order valence-corrected chi connectivity index (χ1v) is 6.01. The Labute approximate surface area is 96.3 Å². The molecule has 0 saturated heterocycles. The fraction of sp³-hybridized carbons (Fsp3) is 0.500. The Balaban J connectivity index is 2.44. The molecule has 0 heterocycles. The van der Waals surface area contributed by atoms with E-state index in [1.54, 1.807) is 6.07 Å². The molecule has 0 aliphatic heterocycles. The first kappa shape index (κ1) is 11.2. The molecule has 1 unspecified atom stereocenters. The maximum Gasteiger partial charge on any atom is 0.120 e. The summed E-state index contributed by atoms with van der Waals surface area (Å²) in [5, 5.41) is 9.95. The van der Waals surface area contributed by atoms with Crippen LogP contribution in [0.5, 0.6) is 5.75 Å². The van der Waals surface area contributed by atoms with E-state index in [1.807, 2.05) is 13.0 Å². The van der Waals surface area contributed by atoms with E-state index in [9.17, 15) is 9.90 Å². The SMILES string of the molecule is CC(CC=O)c1c(O)ccc2c1CCCC2. The van der Waals surface area contributed by atoms with Crippen molar-refractivity contribution >= 4 is 6.29 Å². The van der Waals surface area contributed by atoms with E-state index < -0.39 is 0 Å². The van der Waals surface area contributed by atoms with Gasteiger partial charge in [-0.3, -0.25) is 0 Å². The van der Waals surface area contributed by atoms with E-state index in [0.29, 0.717) is 12.2 Å². The molecule has 1 aliphatic rings. The highest BCUT2D eigenvalue weighted by Crippen LogP contribution is 2.36. The van der Waals surface area contributed by atoms with Crippen LogP contribution in [0.25, 0.3) is 0 Å². The Hall–Kier alpha value is -1.31. The number of aryl methyl sites for hydroxylation is 1. The van der Waals surface area contributed by atoms with Crippen LogP contribution >= 0.6 is 0 Å². The molecule has 2 rings (SSSR count). The van der Waals surface area contributed by atoms with E-state index in [-0.39, 0.29) is 5.92 Å². The van der Waals surface area contributed by atoms with Crippen LogP contribution in [0.2, 0.25) is 0 Å². The van der Waals surface area contributed by atoms with Gasteiger partial charge in [-0.25, -0.2) is 0 Å². The molecular weight excluding hydrogens is 200 g/mol. The van der Waals surface area contributed by atoms with Crippen LogP contribution < -0.4 is 0 Å². The topological polar surface area (TPSA) is 37.3 Å². The number of benzene rings is 1. The monoisotopic (exact) mass is 218 g/mol. The summed E-state index contributed by atoms with van der Waals surface area (Å²) in [6.45, 7) is 2.01. The fourth-order valence-corrected chi connectivity index (χ4v) is 2.66. The summed E-state index contributed by atoms with van der Waals surface area (Å²) in [6, 6.07) is 3.81. The third-order valence-corrected chi connectivity index (χ3v) is 3.50. The largest absolute Gasteiger partial charge is 0.508 e. The summed E-state index contributed by atoms with van der Waals surface area (Å²) >= 11 is 0. The van der Waals surface area contributed by atoms with Crippen molar-refractivity contribution in [2.75, 3.05) is 0 Å². The maximum atomic E-state index is 10.6. The van der Waals surface area contributed by atoms with E-state index >= 15 is 0 Å². The van der Waals surface area contributed by atoms with Crippen molar-refractivity contribution in [1.82, 2.24) is 0 Å². The minimum Gasteiger partial charge on any atom is -0.508 e. The second kappa shape index (κ2) is 4.69. The Morgan fingerprint density at radius 3 is 2.88 bits per heavy atom. The lowest BCUT2D eigenvalue weighted by Crippen LogP contribution is -2.09. The second-order valence-corrected chi connectivity index (χ2v) is 4.65. The van der Waals surface area contributed by atoms with Gasteiger partial charge < -0.3 is 9.90 Å². The smallest absolute Gasteiger partial charge is 0.120 e. The molecular formula is C14H18O2. The number of aldehydes is 1. The van der Waals surface area contributed by atoms with E-state index in [1.165, 1.54) is 24.0 Å². The van der Waals surface area contributed by atoms with Crippen LogP contribution in [0, 0.1) is 0 Å². The third-order valence-electron chi connectivity index (χ3n) is 3.50. The molecule has 0 saturated carbocycles. The van der Waals surface area contributed by atoms with Gasteiger partial charge in [0.05, 0.1) is 0 Å². The van der Waals surface area contributed by atoms with Crippen LogP contribution in [-0.4, -0.2) is 11.4 Å². The van der Waals surface area contributed by atoms with Gasteiger partial charge in [0.15, 0.2) is 0 Å². The summed E-state index contributed by atoms with van der Waals surface area (Å²) in [6.07, 6.45) is 6.01. The number of hydrogen-bond donors (Lipinski definition) is 1. The van der Waals surface area contributed by atoms with Gasteiger partial charge in [-0.2, -0.15) is 0 Å². The number of fused-ring (bicyclic) bond motifs is 1. The van der Waals surface area contributed by atoms with Crippen LogP contribution in [0.15, 0.2) is 12.1 Å². The zero-order valence-corrected chi connectivity index (χ0v) is 9.70. The molecule has 0 aromatic heterocycles. The minimum absolute atomic E-state index is 0.130. The molecule has 1 N–H and O–H groups in total. The van der Waals surface area contributed by atoms with Gasteiger partial charge in [-0.05, 0) is 48.8 Å². The molecule has 2 heteroatoms. The molecule has 1 atom stereocenters. The highest BCUT2D eigenvalue weighted by atomic mass is 16.3. The molecule has 0 fully saturated rings. The number of carbonyl (C=O) groups is 1. The molecule has 0 radical (unpaired) electrons. The van der Waals surface area contributed by atoms with Gasteiger partial charge in [0.2, 0.25) is 0 Å². The number of rotatable bonds is 3. The van der Waals surface area contributed by atoms with Gasteiger partial charge >= 0.3 is 0 Å². The quantitative estimate of drug-likeness (QED) is 0.792. The Kier molecular flexibility index (Phi) is 3.28. The van der Waals surface area contributed by atoms with Crippen molar-refractivity contribution in [3.05, 3.63) is 28.8 Å². The minimum atomic E-state index is 0.130. The first-order valence-electron chi connectivity index (χ1n) is 6.01. The number of phenolic OH excluding ortho intramolecular Hbond substituents is 1. The molecule has 0 amide bonds. The normalized spacial score (nSPS) is 16.6. The fourth-order valence-electron chi connectivity index (χ4n) is 2.66. The summed E-state index contributed by atoms with van der Waals surface area (Å²) in [7, 11) is 0. The zero-order chi connectivity index (χ0) is 11.5. The number of carbonyl (C=O) groups excluding carboxylic acids is 1. The van der Waals surface area contributed by atoms with Gasteiger partial charge in [0.25, 0.3) is 0 Å². The van der Waals surface area contributed by atoms with E-state index in [2.05, 4.69) is 0 Å². The molecule has 1 aliphatic carbocycles. The summed E-state index contributed by atoms with van der Waals surface area (Å²) in [4.78, 5) is 10.6. The Morgan fingerprint density at radius 1 is 1.38 bits per heavy atom. The number of phenols is 1. The molecule has 1 aromatic carbocycles. The molecule has 16 heavy (non-hydrogen) atoms. The van der Waals surface area contributed by atoms with Crippen molar-refractivity contribution in [3.63, 3.8) is 0 Å².